The molecule has 2 amide bonds. The fraction of sp³-hybridized carbons (Fsp3) is 0.222. The van der Waals surface area contributed by atoms with E-state index in [4.69, 9.17) is 0 Å². The summed E-state index contributed by atoms with van der Waals surface area (Å²) in [5, 5.41) is 13.7. The Morgan fingerprint density at radius 2 is 1.68 bits per heavy atom. The topological polar surface area (TPSA) is 127 Å². The van der Waals surface area contributed by atoms with Gasteiger partial charge in [0, 0.05) is 44.1 Å². The predicted octanol–water partition coefficient (Wildman–Crippen LogP) is 1.63. The van der Waals surface area contributed by atoms with E-state index in [1.54, 1.807) is 24.3 Å². The lowest BCUT2D eigenvalue weighted by molar-refractivity contribution is -0.387. The van der Waals surface area contributed by atoms with Crippen LogP contribution in [0.4, 0.5) is 5.69 Å². The Kier molecular flexibility index (Phi) is 6.14. The van der Waals surface area contributed by atoms with Crippen molar-refractivity contribution in [2.75, 3.05) is 20.4 Å². The van der Waals surface area contributed by atoms with Gasteiger partial charge in [-0.25, -0.2) is 8.42 Å². The highest BCUT2D eigenvalue weighted by Gasteiger charge is 2.25. The molecular formula is C18H19N3O6S. The molecule has 0 bridgehead atoms. The average Bonchev–Trinajstić information content (AvgIpc) is 2.66. The number of hydrogen-bond acceptors (Lipinski definition) is 6. The minimum Gasteiger partial charge on any atom is -0.355 e. The maximum atomic E-state index is 12.6. The Labute approximate surface area is 162 Å². The van der Waals surface area contributed by atoms with Crippen molar-refractivity contribution in [1.82, 2.24) is 10.2 Å². The number of benzene rings is 2. The molecular weight excluding hydrogens is 386 g/mol. The Hall–Kier alpha value is -3.27. The highest BCUT2D eigenvalue weighted by Crippen LogP contribution is 2.25. The summed E-state index contributed by atoms with van der Waals surface area (Å²) in [6, 6.07) is 9.91. The molecule has 148 valence electrons. The van der Waals surface area contributed by atoms with Gasteiger partial charge in [-0.15, -0.1) is 0 Å². The molecule has 0 aliphatic heterocycles. The second-order valence-corrected chi connectivity index (χ2v) is 8.13. The predicted molar refractivity (Wildman–Crippen MR) is 102 cm³/mol. The number of sulfone groups is 1. The van der Waals surface area contributed by atoms with Crippen LogP contribution in [0.15, 0.2) is 47.4 Å². The Morgan fingerprint density at radius 3 is 2.18 bits per heavy atom. The van der Waals surface area contributed by atoms with Crippen LogP contribution in [0.5, 0.6) is 0 Å². The number of nitrogens with zero attached hydrogens (tertiary/aromatic N) is 2. The van der Waals surface area contributed by atoms with E-state index in [2.05, 4.69) is 5.32 Å². The van der Waals surface area contributed by atoms with Crippen LogP contribution in [0.1, 0.15) is 26.3 Å². The van der Waals surface area contributed by atoms with Gasteiger partial charge in [0.2, 0.25) is 0 Å². The Bertz CT molecular complexity index is 1030. The van der Waals surface area contributed by atoms with E-state index in [0.717, 1.165) is 24.0 Å². The monoisotopic (exact) mass is 405 g/mol. The summed E-state index contributed by atoms with van der Waals surface area (Å²) in [7, 11) is -0.758. The van der Waals surface area contributed by atoms with Crippen molar-refractivity contribution in [2.45, 2.75) is 11.4 Å². The molecule has 9 nitrogen and oxygen atoms in total. The molecule has 0 spiro atoms. The van der Waals surface area contributed by atoms with Crippen LogP contribution in [0.2, 0.25) is 0 Å². The molecule has 0 radical (unpaired) electrons. The zero-order valence-corrected chi connectivity index (χ0v) is 16.3. The lowest BCUT2D eigenvalue weighted by atomic mass is 10.1. The van der Waals surface area contributed by atoms with E-state index < -0.39 is 31.3 Å². The average molecular weight is 405 g/mol. The first-order chi connectivity index (χ1) is 13.0. The van der Waals surface area contributed by atoms with Gasteiger partial charge in [-0.05, 0) is 29.8 Å². The molecule has 0 aliphatic rings. The summed E-state index contributed by atoms with van der Waals surface area (Å²) in [5.74, 6) is -0.729. The number of nitro benzene ring substituents is 1. The quantitative estimate of drug-likeness (QED) is 0.575. The SMILES string of the molecule is CNC(=O)c1ccc(CN(C)C(=O)c2ccc(S(C)(=O)=O)c([N+](=O)[O-])c2)cc1. The van der Waals surface area contributed by atoms with Crippen molar-refractivity contribution in [3.05, 3.63) is 69.3 Å². The van der Waals surface area contributed by atoms with E-state index in [0.29, 0.717) is 5.56 Å². The van der Waals surface area contributed by atoms with Crippen LogP contribution in [-0.4, -0.2) is 50.4 Å². The van der Waals surface area contributed by atoms with E-state index in [1.807, 2.05) is 0 Å². The van der Waals surface area contributed by atoms with Gasteiger partial charge in [0.1, 0.15) is 4.90 Å². The molecule has 0 atom stereocenters. The second-order valence-electron chi connectivity index (χ2n) is 6.15. The van der Waals surface area contributed by atoms with Gasteiger partial charge < -0.3 is 10.2 Å². The highest BCUT2D eigenvalue weighted by atomic mass is 32.2. The molecule has 2 aromatic rings. The second kappa shape index (κ2) is 8.17. The van der Waals surface area contributed by atoms with E-state index in [-0.39, 0.29) is 18.0 Å². The first-order valence-corrected chi connectivity index (χ1v) is 9.98. The maximum absolute atomic E-state index is 12.6. The van der Waals surface area contributed by atoms with Gasteiger partial charge in [0.05, 0.1) is 4.92 Å². The third kappa shape index (κ3) is 4.71. The third-order valence-corrected chi connectivity index (χ3v) is 5.16. The Morgan fingerprint density at radius 1 is 1.11 bits per heavy atom. The fourth-order valence-corrected chi connectivity index (χ4v) is 3.41. The fourth-order valence-electron chi connectivity index (χ4n) is 2.58. The van der Waals surface area contributed by atoms with Crippen LogP contribution < -0.4 is 5.32 Å². The van der Waals surface area contributed by atoms with Gasteiger partial charge in [-0.1, -0.05) is 12.1 Å². The van der Waals surface area contributed by atoms with E-state index in [9.17, 15) is 28.1 Å². The molecule has 0 fully saturated rings. The largest absolute Gasteiger partial charge is 0.355 e. The standard InChI is InChI=1S/C18H19N3O6S/c1-19-17(22)13-6-4-12(5-7-13)11-20(2)18(23)14-8-9-16(28(3,26)27)15(10-14)21(24)25/h4-10H,11H2,1-3H3,(H,19,22). The van der Waals surface area contributed by atoms with Gasteiger partial charge in [-0.3, -0.25) is 19.7 Å². The first-order valence-electron chi connectivity index (χ1n) is 8.09. The summed E-state index contributed by atoms with van der Waals surface area (Å²) >= 11 is 0. The van der Waals surface area contributed by atoms with Crippen LogP contribution in [-0.2, 0) is 16.4 Å². The molecule has 28 heavy (non-hydrogen) atoms. The number of nitro groups is 1. The van der Waals surface area contributed by atoms with Gasteiger partial charge >= 0.3 is 0 Å². The van der Waals surface area contributed by atoms with E-state index >= 15 is 0 Å². The summed E-state index contributed by atoms with van der Waals surface area (Å²) in [5.41, 5.74) is 0.596. The molecule has 0 aromatic heterocycles. The van der Waals surface area contributed by atoms with Crippen LogP contribution in [0, 0.1) is 10.1 Å². The number of nitrogens with one attached hydrogen (secondary N) is 1. The van der Waals surface area contributed by atoms with Crippen molar-refractivity contribution < 1.29 is 22.9 Å². The van der Waals surface area contributed by atoms with Crippen molar-refractivity contribution >= 4 is 27.3 Å². The lowest BCUT2D eigenvalue weighted by Gasteiger charge is -2.17. The maximum Gasteiger partial charge on any atom is 0.288 e. The smallest absolute Gasteiger partial charge is 0.288 e. The van der Waals surface area contributed by atoms with Crippen LogP contribution in [0.3, 0.4) is 0 Å². The van der Waals surface area contributed by atoms with E-state index in [1.165, 1.54) is 25.1 Å². The third-order valence-electron chi connectivity index (χ3n) is 4.01. The van der Waals surface area contributed by atoms with Crippen molar-refractivity contribution in [3.63, 3.8) is 0 Å². The molecule has 0 aliphatic carbocycles. The molecule has 2 aromatic carbocycles. The zero-order valence-electron chi connectivity index (χ0n) is 15.5. The molecule has 0 unspecified atom stereocenters. The normalized spacial score (nSPS) is 11.0. The molecule has 0 saturated heterocycles. The van der Waals surface area contributed by atoms with Gasteiger partial charge in [-0.2, -0.15) is 0 Å². The van der Waals surface area contributed by atoms with Crippen molar-refractivity contribution in [2.24, 2.45) is 0 Å². The molecule has 10 heteroatoms. The highest BCUT2D eigenvalue weighted by molar-refractivity contribution is 7.90. The molecule has 0 saturated carbocycles. The lowest BCUT2D eigenvalue weighted by Crippen LogP contribution is -2.26. The minimum atomic E-state index is -3.80. The Balaban J connectivity index is 2.24. The molecule has 0 heterocycles. The van der Waals surface area contributed by atoms with Gasteiger partial charge in [0.15, 0.2) is 9.84 Å². The first kappa shape index (κ1) is 21.0. The minimum absolute atomic E-state index is 0.00332. The molecule has 1 N–H and O–H groups in total. The summed E-state index contributed by atoms with van der Waals surface area (Å²) in [6.07, 6.45) is 0.866. The number of amides is 2. The van der Waals surface area contributed by atoms with Crippen LogP contribution >= 0.6 is 0 Å². The van der Waals surface area contributed by atoms with Crippen molar-refractivity contribution in [1.29, 1.82) is 0 Å². The van der Waals surface area contributed by atoms with Crippen molar-refractivity contribution in [3.8, 4) is 0 Å². The van der Waals surface area contributed by atoms with Gasteiger partial charge in [0.25, 0.3) is 17.5 Å². The number of hydrogen-bond donors (Lipinski definition) is 1. The summed E-state index contributed by atoms with van der Waals surface area (Å²) < 4.78 is 23.4. The number of rotatable bonds is 6. The van der Waals surface area contributed by atoms with Crippen LogP contribution in [0.25, 0.3) is 0 Å². The number of carbonyl (C=O) groups is 2. The summed E-state index contributed by atoms with van der Waals surface area (Å²) in [4.78, 5) is 35.4. The molecule has 2 rings (SSSR count). The summed E-state index contributed by atoms with van der Waals surface area (Å²) in [6.45, 7) is 0.203. The number of carbonyl (C=O) groups excluding carboxylic acids is 2. The zero-order chi connectivity index (χ0) is 21.1.